The molecule has 1 aromatic heterocycles. The van der Waals surface area contributed by atoms with Crippen molar-refractivity contribution in [1.82, 2.24) is 4.98 Å². The van der Waals surface area contributed by atoms with Crippen LogP contribution in [0.1, 0.15) is 29.8 Å². The molecule has 2 heterocycles. The van der Waals surface area contributed by atoms with Crippen LogP contribution in [0.5, 0.6) is 0 Å². The Morgan fingerprint density at radius 3 is 2.68 bits per heavy atom. The van der Waals surface area contributed by atoms with Crippen molar-refractivity contribution in [3.8, 4) is 6.07 Å². The molecule has 1 aliphatic rings. The van der Waals surface area contributed by atoms with Crippen LogP contribution in [0.2, 0.25) is 0 Å². The van der Waals surface area contributed by atoms with Gasteiger partial charge in [-0.05, 0) is 38.7 Å². The normalized spacial score (nSPS) is 16.4. The summed E-state index contributed by atoms with van der Waals surface area (Å²) in [6, 6.07) is 4.33. The SMILES string of the molecule is COCC1CCN(c2cc(C)nc(C)c2C#N)CC1. The van der Waals surface area contributed by atoms with Gasteiger partial charge in [0.2, 0.25) is 0 Å². The molecule has 0 spiro atoms. The lowest BCUT2D eigenvalue weighted by atomic mass is 9.96. The summed E-state index contributed by atoms with van der Waals surface area (Å²) in [7, 11) is 1.76. The van der Waals surface area contributed by atoms with Gasteiger partial charge in [-0.15, -0.1) is 0 Å². The highest BCUT2D eigenvalue weighted by Crippen LogP contribution is 2.28. The van der Waals surface area contributed by atoms with E-state index in [1.807, 2.05) is 19.9 Å². The van der Waals surface area contributed by atoms with Crippen molar-refractivity contribution in [2.75, 3.05) is 31.7 Å². The molecule has 0 atom stereocenters. The maximum Gasteiger partial charge on any atom is 0.103 e. The Balaban J connectivity index is 2.18. The van der Waals surface area contributed by atoms with Gasteiger partial charge < -0.3 is 9.64 Å². The number of pyridine rings is 1. The zero-order chi connectivity index (χ0) is 13.8. The minimum Gasteiger partial charge on any atom is -0.384 e. The summed E-state index contributed by atoms with van der Waals surface area (Å²) in [5, 5.41) is 9.32. The number of hydrogen-bond donors (Lipinski definition) is 0. The second-order valence-electron chi connectivity index (χ2n) is 5.24. The summed E-state index contributed by atoms with van der Waals surface area (Å²) in [5.41, 5.74) is 3.57. The standard InChI is InChI=1S/C15H21N3O/c1-11-8-15(14(9-16)12(2)17-11)18-6-4-13(5-7-18)10-19-3/h8,13H,4-7,10H2,1-3H3. The summed E-state index contributed by atoms with van der Waals surface area (Å²) >= 11 is 0. The maximum absolute atomic E-state index is 9.32. The molecule has 0 aliphatic carbocycles. The van der Waals surface area contributed by atoms with E-state index in [4.69, 9.17) is 4.74 Å². The fourth-order valence-electron chi connectivity index (χ4n) is 2.77. The molecule has 2 rings (SSSR count). The van der Waals surface area contributed by atoms with E-state index in [9.17, 15) is 5.26 Å². The minimum absolute atomic E-state index is 0.649. The highest BCUT2D eigenvalue weighted by molar-refractivity contribution is 5.61. The second kappa shape index (κ2) is 6.03. The second-order valence-corrected chi connectivity index (χ2v) is 5.24. The fourth-order valence-corrected chi connectivity index (χ4v) is 2.77. The summed E-state index contributed by atoms with van der Waals surface area (Å²) < 4.78 is 5.22. The number of ether oxygens (including phenoxy) is 1. The highest BCUT2D eigenvalue weighted by atomic mass is 16.5. The van der Waals surface area contributed by atoms with Crippen molar-refractivity contribution in [2.45, 2.75) is 26.7 Å². The van der Waals surface area contributed by atoms with Crippen LogP contribution in [0.25, 0.3) is 0 Å². The van der Waals surface area contributed by atoms with Crippen molar-refractivity contribution < 1.29 is 4.74 Å². The Bertz CT molecular complexity index is 485. The third-order valence-corrected chi connectivity index (χ3v) is 3.78. The first kappa shape index (κ1) is 13.8. The molecule has 4 nitrogen and oxygen atoms in total. The first-order valence-electron chi connectivity index (χ1n) is 6.78. The van der Waals surface area contributed by atoms with E-state index in [-0.39, 0.29) is 0 Å². The van der Waals surface area contributed by atoms with Gasteiger partial charge in [0, 0.05) is 32.5 Å². The predicted molar refractivity (Wildman–Crippen MR) is 75.2 cm³/mol. The van der Waals surface area contributed by atoms with Crippen molar-refractivity contribution in [3.63, 3.8) is 0 Å². The molecule has 1 saturated heterocycles. The molecule has 0 unspecified atom stereocenters. The Morgan fingerprint density at radius 1 is 1.42 bits per heavy atom. The molecule has 1 aromatic rings. The third kappa shape index (κ3) is 3.05. The van der Waals surface area contributed by atoms with E-state index < -0.39 is 0 Å². The first-order chi connectivity index (χ1) is 9.15. The average Bonchev–Trinajstić information content (AvgIpc) is 2.39. The molecule has 4 heteroatoms. The molecular formula is C15H21N3O. The summed E-state index contributed by atoms with van der Waals surface area (Å²) in [4.78, 5) is 6.69. The van der Waals surface area contributed by atoms with Crippen LogP contribution in [-0.2, 0) is 4.74 Å². The lowest BCUT2D eigenvalue weighted by molar-refractivity contribution is 0.139. The summed E-state index contributed by atoms with van der Waals surface area (Å²) in [5.74, 6) is 0.649. The van der Waals surface area contributed by atoms with Gasteiger partial charge in [0.25, 0.3) is 0 Å². The average molecular weight is 259 g/mol. The lowest BCUT2D eigenvalue weighted by Gasteiger charge is -2.34. The number of rotatable bonds is 3. The molecule has 0 aromatic carbocycles. The molecule has 1 aliphatic heterocycles. The van der Waals surface area contributed by atoms with Crippen LogP contribution in [0.3, 0.4) is 0 Å². The molecular weight excluding hydrogens is 238 g/mol. The van der Waals surface area contributed by atoms with Crippen LogP contribution < -0.4 is 4.90 Å². The maximum atomic E-state index is 9.32. The van der Waals surface area contributed by atoms with Gasteiger partial charge in [0.05, 0.1) is 16.9 Å². The number of nitrogens with zero attached hydrogens (tertiary/aromatic N) is 3. The molecule has 0 amide bonds. The molecule has 1 fully saturated rings. The Kier molecular flexibility index (Phi) is 4.39. The molecule has 0 bridgehead atoms. The molecule has 19 heavy (non-hydrogen) atoms. The van der Waals surface area contributed by atoms with Crippen molar-refractivity contribution in [2.24, 2.45) is 5.92 Å². The van der Waals surface area contributed by atoms with E-state index in [1.165, 1.54) is 0 Å². The van der Waals surface area contributed by atoms with E-state index in [2.05, 4.69) is 16.0 Å². The number of nitriles is 1. The smallest absolute Gasteiger partial charge is 0.103 e. The number of aromatic nitrogens is 1. The van der Waals surface area contributed by atoms with Crippen LogP contribution in [0.15, 0.2) is 6.07 Å². The third-order valence-electron chi connectivity index (χ3n) is 3.78. The van der Waals surface area contributed by atoms with Gasteiger partial charge in [0.15, 0.2) is 0 Å². The van der Waals surface area contributed by atoms with Gasteiger partial charge in [-0.2, -0.15) is 5.26 Å². The Labute approximate surface area is 115 Å². The number of methoxy groups -OCH3 is 1. The lowest BCUT2D eigenvalue weighted by Crippen LogP contribution is -2.35. The van der Waals surface area contributed by atoms with Gasteiger partial charge in [-0.1, -0.05) is 0 Å². The fraction of sp³-hybridized carbons (Fsp3) is 0.600. The van der Waals surface area contributed by atoms with Gasteiger partial charge in [0.1, 0.15) is 6.07 Å². The van der Waals surface area contributed by atoms with Crippen molar-refractivity contribution in [1.29, 1.82) is 5.26 Å². The topological polar surface area (TPSA) is 49.1 Å². The zero-order valence-electron chi connectivity index (χ0n) is 11.9. The predicted octanol–water partition coefficient (Wildman–Crippen LogP) is 2.43. The molecule has 0 N–H and O–H groups in total. The monoisotopic (exact) mass is 259 g/mol. The van der Waals surface area contributed by atoms with Gasteiger partial charge >= 0.3 is 0 Å². The highest BCUT2D eigenvalue weighted by Gasteiger charge is 2.22. The Morgan fingerprint density at radius 2 is 2.11 bits per heavy atom. The number of hydrogen-bond acceptors (Lipinski definition) is 4. The number of anilines is 1. The number of piperidine rings is 1. The molecule has 102 valence electrons. The quantitative estimate of drug-likeness (QED) is 0.836. The summed E-state index contributed by atoms with van der Waals surface area (Å²) in [6.45, 7) is 6.71. The van der Waals surface area contributed by atoms with Gasteiger partial charge in [-0.25, -0.2) is 0 Å². The first-order valence-corrected chi connectivity index (χ1v) is 6.78. The van der Waals surface area contributed by atoms with Crippen molar-refractivity contribution in [3.05, 3.63) is 23.0 Å². The van der Waals surface area contributed by atoms with E-state index in [0.29, 0.717) is 5.92 Å². The molecule has 0 saturated carbocycles. The Hall–Kier alpha value is -1.60. The minimum atomic E-state index is 0.649. The summed E-state index contributed by atoms with van der Waals surface area (Å²) in [6.07, 6.45) is 2.25. The van der Waals surface area contributed by atoms with E-state index >= 15 is 0 Å². The number of aryl methyl sites for hydroxylation is 2. The van der Waals surface area contributed by atoms with E-state index in [1.54, 1.807) is 7.11 Å². The van der Waals surface area contributed by atoms with Crippen LogP contribution in [0, 0.1) is 31.1 Å². The largest absolute Gasteiger partial charge is 0.384 e. The van der Waals surface area contributed by atoms with E-state index in [0.717, 1.165) is 55.2 Å². The molecule has 0 radical (unpaired) electrons. The van der Waals surface area contributed by atoms with Crippen LogP contribution in [0.4, 0.5) is 5.69 Å². The van der Waals surface area contributed by atoms with Crippen molar-refractivity contribution >= 4 is 5.69 Å². The van der Waals surface area contributed by atoms with Crippen LogP contribution in [-0.4, -0.2) is 31.8 Å². The van der Waals surface area contributed by atoms with Gasteiger partial charge in [-0.3, -0.25) is 4.98 Å². The zero-order valence-corrected chi connectivity index (χ0v) is 11.9. The van der Waals surface area contributed by atoms with Crippen LogP contribution >= 0.6 is 0 Å².